The molecule has 136 valence electrons. The number of ether oxygens (including phenoxy) is 3. The number of aromatic nitrogens is 1. The molecular formula is C20H21NO5. The maximum absolute atomic E-state index is 13.2. The quantitative estimate of drug-likeness (QED) is 0.681. The fourth-order valence-corrected chi connectivity index (χ4v) is 3.25. The molecule has 0 aliphatic heterocycles. The van der Waals surface area contributed by atoms with Crippen LogP contribution in [0.5, 0.6) is 23.0 Å². The van der Waals surface area contributed by atoms with Crippen molar-refractivity contribution in [1.82, 2.24) is 4.98 Å². The van der Waals surface area contributed by atoms with E-state index in [0.29, 0.717) is 45.0 Å². The number of carbonyl (C=O) groups is 1. The van der Waals surface area contributed by atoms with E-state index in [1.165, 1.54) is 14.2 Å². The predicted molar refractivity (Wildman–Crippen MR) is 99.0 cm³/mol. The zero-order valence-corrected chi connectivity index (χ0v) is 15.4. The first-order valence-electron chi connectivity index (χ1n) is 8.08. The summed E-state index contributed by atoms with van der Waals surface area (Å²) in [6.07, 6.45) is 0. The lowest BCUT2D eigenvalue weighted by Gasteiger charge is -2.12. The van der Waals surface area contributed by atoms with E-state index in [2.05, 4.69) is 4.98 Å². The lowest BCUT2D eigenvalue weighted by molar-refractivity contribution is 0.103. The van der Waals surface area contributed by atoms with Crippen molar-refractivity contribution in [2.24, 2.45) is 0 Å². The third-order valence-corrected chi connectivity index (χ3v) is 4.47. The summed E-state index contributed by atoms with van der Waals surface area (Å²) in [6.45, 7) is 3.66. The smallest absolute Gasteiger partial charge is 0.195 e. The Balaban J connectivity index is 2.19. The van der Waals surface area contributed by atoms with Gasteiger partial charge in [-0.15, -0.1) is 0 Å². The number of carbonyl (C=O) groups excluding carboxylic acids is 1. The molecule has 0 aliphatic carbocycles. The molecule has 0 atom stereocenters. The minimum absolute atomic E-state index is 0.0179. The van der Waals surface area contributed by atoms with Gasteiger partial charge in [0.05, 0.1) is 32.4 Å². The van der Waals surface area contributed by atoms with Crippen molar-refractivity contribution < 1.29 is 24.1 Å². The number of methoxy groups -OCH3 is 3. The van der Waals surface area contributed by atoms with Gasteiger partial charge >= 0.3 is 0 Å². The Labute approximate surface area is 151 Å². The van der Waals surface area contributed by atoms with Gasteiger partial charge in [0.15, 0.2) is 28.8 Å². The van der Waals surface area contributed by atoms with Crippen molar-refractivity contribution in [2.45, 2.75) is 13.8 Å². The number of aromatic amines is 1. The molecule has 0 saturated carbocycles. The predicted octanol–water partition coefficient (Wildman–Crippen LogP) is 3.75. The van der Waals surface area contributed by atoms with E-state index < -0.39 is 0 Å². The molecule has 0 fully saturated rings. The Morgan fingerprint density at radius 1 is 1.00 bits per heavy atom. The van der Waals surface area contributed by atoms with Crippen LogP contribution in [0.1, 0.15) is 27.2 Å². The van der Waals surface area contributed by atoms with E-state index in [4.69, 9.17) is 14.2 Å². The van der Waals surface area contributed by atoms with E-state index in [9.17, 15) is 9.90 Å². The van der Waals surface area contributed by atoms with Crippen molar-refractivity contribution >= 4 is 16.7 Å². The summed E-state index contributed by atoms with van der Waals surface area (Å²) in [6, 6.07) is 6.83. The van der Waals surface area contributed by atoms with Crippen LogP contribution in [-0.2, 0) is 0 Å². The minimum Gasteiger partial charge on any atom is -0.503 e. The van der Waals surface area contributed by atoms with Gasteiger partial charge in [-0.25, -0.2) is 0 Å². The van der Waals surface area contributed by atoms with Crippen LogP contribution in [0.25, 0.3) is 10.9 Å². The summed E-state index contributed by atoms with van der Waals surface area (Å²) in [5.41, 5.74) is 2.93. The van der Waals surface area contributed by atoms with Crippen molar-refractivity contribution in [1.29, 1.82) is 0 Å². The van der Waals surface area contributed by atoms with Crippen LogP contribution in [0.4, 0.5) is 0 Å². The first-order valence-corrected chi connectivity index (χ1v) is 8.08. The average Bonchev–Trinajstić information content (AvgIpc) is 2.97. The Hall–Kier alpha value is -3.15. The Kier molecular flexibility index (Phi) is 4.50. The minimum atomic E-state index is -0.164. The molecule has 0 amide bonds. The van der Waals surface area contributed by atoms with Crippen molar-refractivity contribution in [2.75, 3.05) is 21.3 Å². The third-order valence-electron chi connectivity index (χ3n) is 4.47. The number of ketones is 1. The van der Waals surface area contributed by atoms with Crippen molar-refractivity contribution in [3.05, 3.63) is 46.6 Å². The van der Waals surface area contributed by atoms with E-state index in [-0.39, 0.29) is 11.5 Å². The van der Waals surface area contributed by atoms with Crippen LogP contribution in [0.15, 0.2) is 24.3 Å². The third kappa shape index (κ3) is 2.63. The lowest BCUT2D eigenvalue weighted by Crippen LogP contribution is -2.05. The maximum atomic E-state index is 13.2. The van der Waals surface area contributed by atoms with Gasteiger partial charge in [0, 0.05) is 16.6 Å². The number of nitrogens with one attached hydrogen (secondary N) is 1. The van der Waals surface area contributed by atoms with E-state index in [0.717, 1.165) is 5.56 Å². The van der Waals surface area contributed by atoms with Crippen molar-refractivity contribution in [3.8, 4) is 23.0 Å². The van der Waals surface area contributed by atoms with Crippen LogP contribution >= 0.6 is 0 Å². The van der Waals surface area contributed by atoms with Crippen LogP contribution in [-0.4, -0.2) is 37.2 Å². The molecule has 6 heteroatoms. The molecule has 2 aromatic carbocycles. The van der Waals surface area contributed by atoms with Crippen molar-refractivity contribution in [3.63, 3.8) is 0 Å². The molecule has 0 aliphatic rings. The van der Waals surface area contributed by atoms with Gasteiger partial charge in [-0.2, -0.15) is 0 Å². The second kappa shape index (κ2) is 6.63. The van der Waals surface area contributed by atoms with Gasteiger partial charge in [0.1, 0.15) is 0 Å². The fourth-order valence-electron chi connectivity index (χ4n) is 3.25. The van der Waals surface area contributed by atoms with Crippen LogP contribution < -0.4 is 14.2 Å². The van der Waals surface area contributed by atoms with E-state index in [1.54, 1.807) is 38.3 Å². The SMILES string of the molecule is COc1cc(C(=O)c2c(C)[nH]c3c(O)c(OC)ccc23)cc(C)c1OC. The molecule has 3 aromatic rings. The number of aryl methyl sites for hydroxylation is 2. The Morgan fingerprint density at radius 2 is 1.69 bits per heavy atom. The number of H-pyrrole nitrogens is 1. The highest BCUT2D eigenvalue weighted by atomic mass is 16.5. The fraction of sp³-hybridized carbons (Fsp3) is 0.250. The molecule has 26 heavy (non-hydrogen) atoms. The highest BCUT2D eigenvalue weighted by Gasteiger charge is 2.22. The van der Waals surface area contributed by atoms with Gasteiger partial charge in [0.25, 0.3) is 0 Å². The number of benzene rings is 2. The lowest BCUT2D eigenvalue weighted by atomic mass is 9.98. The van der Waals surface area contributed by atoms with Crippen LogP contribution in [0.3, 0.4) is 0 Å². The van der Waals surface area contributed by atoms with E-state index in [1.807, 2.05) is 6.92 Å². The summed E-state index contributed by atoms with van der Waals surface area (Å²) in [7, 11) is 4.58. The molecule has 1 heterocycles. The topological polar surface area (TPSA) is 80.8 Å². The summed E-state index contributed by atoms with van der Waals surface area (Å²) in [5.74, 6) is 1.26. The van der Waals surface area contributed by atoms with Gasteiger partial charge in [-0.3, -0.25) is 4.79 Å². The van der Waals surface area contributed by atoms with Gasteiger partial charge in [-0.1, -0.05) is 0 Å². The largest absolute Gasteiger partial charge is 0.503 e. The van der Waals surface area contributed by atoms with Crippen LogP contribution in [0.2, 0.25) is 0 Å². The molecule has 0 radical (unpaired) electrons. The molecular weight excluding hydrogens is 334 g/mol. The molecule has 3 rings (SSSR count). The second-order valence-electron chi connectivity index (χ2n) is 6.02. The second-order valence-corrected chi connectivity index (χ2v) is 6.02. The molecule has 1 aromatic heterocycles. The first-order chi connectivity index (χ1) is 12.4. The number of aromatic hydroxyl groups is 1. The Bertz CT molecular complexity index is 1000. The number of hydrogen-bond acceptors (Lipinski definition) is 5. The molecule has 2 N–H and O–H groups in total. The number of rotatable bonds is 5. The zero-order chi connectivity index (χ0) is 19.0. The maximum Gasteiger partial charge on any atom is 0.195 e. The number of phenols is 1. The average molecular weight is 355 g/mol. The Morgan fingerprint density at radius 3 is 2.31 bits per heavy atom. The molecule has 0 saturated heterocycles. The summed E-state index contributed by atoms with van der Waals surface area (Å²) >= 11 is 0. The highest BCUT2D eigenvalue weighted by molar-refractivity contribution is 6.18. The van der Waals surface area contributed by atoms with Gasteiger partial charge in [0.2, 0.25) is 0 Å². The normalized spacial score (nSPS) is 10.8. The molecule has 6 nitrogen and oxygen atoms in total. The summed E-state index contributed by atoms with van der Waals surface area (Å²) in [5, 5.41) is 11.0. The number of hydrogen-bond donors (Lipinski definition) is 2. The van der Waals surface area contributed by atoms with Gasteiger partial charge in [-0.05, 0) is 43.7 Å². The zero-order valence-electron chi connectivity index (χ0n) is 15.4. The molecule has 0 spiro atoms. The molecule has 0 unspecified atom stereocenters. The van der Waals surface area contributed by atoms with Crippen LogP contribution in [0, 0.1) is 13.8 Å². The first kappa shape index (κ1) is 17.7. The summed E-state index contributed by atoms with van der Waals surface area (Å²) < 4.78 is 15.8. The van der Waals surface area contributed by atoms with E-state index >= 15 is 0 Å². The molecule has 0 bridgehead atoms. The standard InChI is InChI=1S/C20H21NO5/c1-10-8-12(9-15(25-4)20(10)26-5)18(22)16-11(2)21-17-13(16)6-7-14(24-3)19(17)23/h6-9,21,23H,1-5H3. The number of phenolic OH excluding ortho intramolecular Hbond substituents is 1. The van der Waals surface area contributed by atoms with Gasteiger partial charge < -0.3 is 24.3 Å². The monoisotopic (exact) mass is 355 g/mol. The highest BCUT2D eigenvalue weighted by Crippen LogP contribution is 2.38. The summed E-state index contributed by atoms with van der Waals surface area (Å²) in [4.78, 5) is 16.3. The number of fused-ring (bicyclic) bond motifs is 1.